The number of hydrogen-bond donors (Lipinski definition) is 2. The van der Waals surface area contributed by atoms with Gasteiger partial charge in [-0.05, 0) is 47.9 Å². The van der Waals surface area contributed by atoms with Gasteiger partial charge in [-0.25, -0.2) is 0 Å². The fourth-order valence-electron chi connectivity index (χ4n) is 2.98. The van der Waals surface area contributed by atoms with E-state index in [1.54, 1.807) is 30.1 Å². The van der Waals surface area contributed by atoms with E-state index in [1.165, 1.54) is 11.3 Å². The summed E-state index contributed by atoms with van der Waals surface area (Å²) in [6.45, 7) is 4.23. The highest BCUT2D eigenvalue weighted by Crippen LogP contribution is 2.19. The Morgan fingerprint density at radius 3 is 2.34 bits per heavy atom. The monoisotopic (exact) mass is 413 g/mol. The van der Waals surface area contributed by atoms with E-state index in [1.807, 2.05) is 37.4 Å². The highest BCUT2D eigenvalue weighted by molar-refractivity contribution is 7.12. The molecule has 1 saturated carbocycles. The zero-order valence-electron chi connectivity index (χ0n) is 17.0. The van der Waals surface area contributed by atoms with Crippen molar-refractivity contribution in [1.29, 1.82) is 0 Å². The summed E-state index contributed by atoms with van der Waals surface area (Å²) in [6, 6.07) is 10.6. The molecular formula is C22H27N3O3S. The Balaban J connectivity index is 1.60. The maximum atomic E-state index is 12.9. The van der Waals surface area contributed by atoms with Crippen molar-refractivity contribution in [2.24, 2.45) is 5.92 Å². The molecule has 3 amide bonds. The van der Waals surface area contributed by atoms with Crippen LogP contribution < -0.4 is 10.6 Å². The number of carbonyl (C=O) groups is 3. The summed E-state index contributed by atoms with van der Waals surface area (Å²) in [5.41, 5.74) is 1.55. The number of carbonyl (C=O) groups excluding carboxylic acids is 3. The van der Waals surface area contributed by atoms with Crippen molar-refractivity contribution in [3.8, 4) is 0 Å². The van der Waals surface area contributed by atoms with Gasteiger partial charge in [-0.2, -0.15) is 0 Å². The van der Waals surface area contributed by atoms with E-state index in [2.05, 4.69) is 10.6 Å². The molecule has 1 unspecified atom stereocenters. The maximum Gasteiger partial charge on any atom is 0.262 e. The summed E-state index contributed by atoms with van der Waals surface area (Å²) in [5, 5.41) is 7.66. The van der Waals surface area contributed by atoms with Gasteiger partial charge in [0.05, 0.1) is 4.88 Å². The quantitative estimate of drug-likeness (QED) is 0.698. The van der Waals surface area contributed by atoms with Crippen LogP contribution in [0.5, 0.6) is 0 Å². The number of hydrogen-bond acceptors (Lipinski definition) is 4. The number of rotatable bonds is 8. The minimum absolute atomic E-state index is 0.0395. The van der Waals surface area contributed by atoms with Crippen LogP contribution in [0.2, 0.25) is 0 Å². The van der Waals surface area contributed by atoms with Gasteiger partial charge in [0, 0.05) is 25.2 Å². The van der Waals surface area contributed by atoms with Gasteiger partial charge in [0.25, 0.3) is 11.8 Å². The second-order valence-corrected chi connectivity index (χ2v) is 8.76. The van der Waals surface area contributed by atoms with Crippen molar-refractivity contribution in [3.05, 3.63) is 57.8 Å². The first-order valence-corrected chi connectivity index (χ1v) is 10.7. The lowest BCUT2D eigenvalue weighted by Crippen LogP contribution is -2.49. The van der Waals surface area contributed by atoms with Crippen molar-refractivity contribution < 1.29 is 14.4 Å². The third-order valence-corrected chi connectivity index (χ3v) is 5.76. The van der Waals surface area contributed by atoms with E-state index in [4.69, 9.17) is 0 Å². The number of nitrogens with one attached hydrogen (secondary N) is 2. The molecule has 0 radical (unpaired) electrons. The van der Waals surface area contributed by atoms with Crippen molar-refractivity contribution in [1.82, 2.24) is 15.5 Å². The van der Waals surface area contributed by atoms with Gasteiger partial charge >= 0.3 is 0 Å². The van der Waals surface area contributed by atoms with Crippen LogP contribution in [-0.4, -0.2) is 41.8 Å². The zero-order chi connectivity index (χ0) is 21.0. The molecule has 2 N–H and O–H groups in total. The lowest BCUT2D eigenvalue weighted by atomic mass is 10.0. The van der Waals surface area contributed by atoms with Crippen molar-refractivity contribution >= 4 is 29.1 Å². The average Bonchev–Trinajstić information content (AvgIpc) is 3.33. The summed E-state index contributed by atoms with van der Waals surface area (Å²) in [7, 11) is 1.72. The Hall–Kier alpha value is -2.67. The van der Waals surface area contributed by atoms with Crippen LogP contribution in [0.3, 0.4) is 0 Å². The number of thiophene rings is 1. The lowest BCUT2D eigenvalue weighted by Gasteiger charge is -2.27. The molecule has 0 spiro atoms. The fraction of sp³-hybridized carbons (Fsp3) is 0.409. The van der Waals surface area contributed by atoms with Crippen LogP contribution in [0.4, 0.5) is 0 Å². The summed E-state index contributed by atoms with van der Waals surface area (Å²) in [6.07, 6.45) is 2.10. The molecule has 1 aromatic heterocycles. The first-order chi connectivity index (χ1) is 13.8. The molecular weight excluding hydrogens is 386 g/mol. The molecule has 1 atom stereocenters. The third kappa shape index (κ3) is 5.67. The molecule has 1 fully saturated rings. The van der Waals surface area contributed by atoms with Crippen molar-refractivity contribution in [2.75, 3.05) is 7.05 Å². The van der Waals surface area contributed by atoms with Gasteiger partial charge in [0.15, 0.2) is 0 Å². The van der Waals surface area contributed by atoms with Crippen LogP contribution in [0.15, 0.2) is 41.8 Å². The van der Waals surface area contributed by atoms with E-state index < -0.39 is 6.04 Å². The van der Waals surface area contributed by atoms with E-state index in [9.17, 15) is 14.4 Å². The second-order valence-electron chi connectivity index (χ2n) is 7.81. The van der Waals surface area contributed by atoms with Gasteiger partial charge in [0.1, 0.15) is 6.04 Å². The summed E-state index contributed by atoms with van der Waals surface area (Å²) in [5.74, 6) is -0.464. The van der Waals surface area contributed by atoms with Crippen LogP contribution >= 0.6 is 11.3 Å². The molecule has 1 heterocycles. The maximum absolute atomic E-state index is 12.9. The van der Waals surface area contributed by atoms with E-state index in [0.29, 0.717) is 23.0 Å². The molecule has 7 heteroatoms. The van der Waals surface area contributed by atoms with E-state index >= 15 is 0 Å². The minimum Gasteiger partial charge on any atom is -0.349 e. The predicted molar refractivity (Wildman–Crippen MR) is 114 cm³/mol. The Bertz CT molecular complexity index is 858. The zero-order valence-corrected chi connectivity index (χ0v) is 17.8. The Kier molecular flexibility index (Phi) is 6.69. The molecule has 29 heavy (non-hydrogen) atoms. The van der Waals surface area contributed by atoms with Crippen LogP contribution in [-0.2, 0) is 11.3 Å². The molecule has 3 rings (SSSR count). The molecule has 0 saturated heterocycles. The topological polar surface area (TPSA) is 78.5 Å². The normalized spacial score (nSPS) is 14.3. The van der Waals surface area contributed by atoms with Gasteiger partial charge in [-0.1, -0.05) is 32.0 Å². The molecule has 1 aromatic carbocycles. The Morgan fingerprint density at radius 2 is 1.79 bits per heavy atom. The fourth-order valence-corrected chi connectivity index (χ4v) is 3.61. The highest BCUT2D eigenvalue weighted by atomic mass is 32.1. The highest BCUT2D eigenvalue weighted by Gasteiger charge is 2.28. The summed E-state index contributed by atoms with van der Waals surface area (Å²) >= 11 is 1.35. The van der Waals surface area contributed by atoms with Crippen molar-refractivity contribution in [3.63, 3.8) is 0 Å². The first-order valence-electron chi connectivity index (χ1n) is 9.84. The number of nitrogens with zero attached hydrogens (tertiary/aromatic N) is 1. The van der Waals surface area contributed by atoms with Gasteiger partial charge in [-0.3, -0.25) is 14.4 Å². The van der Waals surface area contributed by atoms with E-state index in [-0.39, 0.29) is 23.6 Å². The second kappa shape index (κ2) is 9.22. The number of benzene rings is 1. The molecule has 0 bridgehead atoms. The summed E-state index contributed by atoms with van der Waals surface area (Å²) < 4.78 is 0. The molecule has 1 aliphatic rings. The molecule has 154 valence electrons. The number of amides is 3. The largest absolute Gasteiger partial charge is 0.349 e. The lowest BCUT2D eigenvalue weighted by molar-refractivity contribution is -0.133. The molecule has 2 aromatic rings. The SMILES string of the molecule is CC(C)C(NC(=O)c1cccs1)C(=O)N(C)Cc1ccc(C(=O)NC2CC2)cc1. The first kappa shape index (κ1) is 21.0. The van der Waals surface area contributed by atoms with Gasteiger partial charge in [0.2, 0.25) is 5.91 Å². The minimum atomic E-state index is -0.599. The molecule has 0 aliphatic heterocycles. The van der Waals surface area contributed by atoms with Gasteiger partial charge < -0.3 is 15.5 Å². The standard InChI is InChI=1S/C22H27N3O3S/c1-14(2)19(24-21(27)18-5-4-12-29-18)22(28)25(3)13-15-6-8-16(9-7-15)20(26)23-17-10-11-17/h4-9,12,14,17,19H,10-11,13H2,1-3H3,(H,23,26)(H,24,27). The number of likely N-dealkylation sites (N-methyl/N-ethyl adjacent to an activating group) is 1. The Morgan fingerprint density at radius 1 is 1.10 bits per heavy atom. The van der Waals surface area contributed by atoms with Crippen LogP contribution in [0.1, 0.15) is 52.3 Å². The average molecular weight is 414 g/mol. The summed E-state index contributed by atoms with van der Waals surface area (Å²) in [4.78, 5) is 39.6. The predicted octanol–water partition coefficient (Wildman–Crippen LogP) is 3.05. The van der Waals surface area contributed by atoms with Gasteiger partial charge in [-0.15, -0.1) is 11.3 Å². The van der Waals surface area contributed by atoms with Crippen LogP contribution in [0.25, 0.3) is 0 Å². The molecule has 1 aliphatic carbocycles. The van der Waals surface area contributed by atoms with E-state index in [0.717, 1.165) is 18.4 Å². The third-order valence-electron chi connectivity index (χ3n) is 4.89. The van der Waals surface area contributed by atoms with Crippen LogP contribution in [0, 0.1) is 5.92 Å². The van der Waals surface area contributed by atoms with Crippen molar-refractivity contribution in [2.45, 2.75) is 45.3 Å². The Labute approximate surface area is 175 Å². The smallest absolute Gasteiger partial charge is 0.262 e. The molecule has 6 nitrogen and oxygen atoms in total.